The highest BCUT2D eigenvalue weighted by atomic mass is 35.5. The van der Waals surface area contributed by atoms with E-state index in [9.17, 15) is 4.39 Å². The maximum Gasteiger partial charge on any atom is 0.145 e. The Balaban J connectivity index is 0.000000561. The van der Waals surface area contributed by atoms with Crippen LogP contribution < -0.4 is 0 Å². The lowest BCUT2D eigenvalue weighted by atomic mass is 10.3. The van der Waals surface area contributed by atoms with Gasteiger partial charge in [-0.15, -0.1) is 0 Å². The first-order valence-electron chi connectivity index (χ1n) is 3.90. The van der Waals surface area contributed by atoms with E-state index >= 15 is 0 Å². The Morgan fingerprint density at radius 2 is 1.75 bits per heavy atom. The molecule has 0 spiro atoms. The molecule has 1 heterocycles. The van der Waals surface area contributed by atoms with Gasteiger partial charge < -0.3 is 0 Å². The molecule has 1 aromatic rings. The zero-order valence-corrected chi connectivity index (χ0v) is 8.54. The van der Waals surface area contributed by atoms with Crippen LogP contribution in [0.4, 0.5) is 4.39 Å². The lowest BCUT2D eigenvalue weighted by molar-refractivity contribution is 0.608. The maximum absolute atomic E-state index is 12.6. The summed E-state index contributed by atoms with van der Waals surface area (Å²) in [7, 11) is 0. The predicted octanol–water partition coefficient (Wildman–Crippen LogP) is 3.52. The van der Waals surface area contributed by atoms with E-state index < -0.39 is 0 Å². The van der Waals surface area contributed by atoms with Crippen molar-refractivity contribution in [2.24, 2.45) is 0 Å². The van der Waals surface area contributed by atoms with Crippen LogP contribution in [0.5, 0.6) is 0 Å². The summed E-state index contributed by atoms with van der Waals surface area (Å²) in [5.41, 5.74) is 1.06. The average Bonchev–Trinajstić information content (AvgIpc) is 2.05. The van der Waals surface area contributed by atoms with E-state index in [0.29, 0.717) is 16.4 Å². The SMILES string of the molecule is CC.Cc1nc(C)c(Cl)cc1F. The van der Waals surface area contributed by atoms with Crippen molar-refractivity contribution in [3.05, 3.63) is 28.3 Å². The minimum absolute atomic E-state index is 0.351. The van der Waals surface area contributed by atoms with Gasteiger partial charge in [0.1, 0.15) is 5.82 Å². The fourth-order valence-electron chi connectivity index (χ4n) is 0.679. The smallest absolute Gasteiger partial charge is 0.145 e. The number of aryl methyl sites for hydroxylation is 2. The van der Waals surface area contributed by atoms with Crippen molar-refractivity contribution < 1.29 is 4.39 Å². The number of halogens is 2. The lowest BCUT2D eigenvalue weighted by Gasteiger charge is -1.98. The molecule has 68 valence electrons. The number of aromatic nitrogens is 1. The van der Waals surface area contributed by atoms with E-state index in [1.54, 1.807) is 13.8 Å². The molecule has 0 atom stereocenters. The molecule has 1 rings (SSSR count). The van der Waals surface area contributed by atoms with Gasteiger partial charge in [0.05, 0.1) is 16.4 Å². The summed E-state index contributed by atoms with van der Waals surface area (Å²) in [6.45, 7) is 7.35. The van der Waals surface area contributed by atoms with Gasteiger partial charge in [0, 0.05) is 0 Å². The summed E-state index contributed by atoms with van der Waals surface area (Å²) in [5, 5.41) is 0.378. The molecule has 0 saturated carbocycles. The number of hydrogen-bond acceptors (Lipinski definition) is 1. The first-order valence-corrected chi connectivity index (χ1v) is 4.28. The van der Waals surface area contributed by atoms with E-state index in [1.165, 1.54) is 6.07 Å². The Bertz CT molecular complexity index is 211. The molecule has 1 aromatic heterocycles. The normalized spacial score (nSPS) is 8.83. The van der Waals surface area contributed by atoms with E-state index in [1.807, 2.05) is 13.8 Å². The van der Waals surface area contributed by atoms with Crippen LogP contribution in [0.3, 0.4) is 0 Å². The molecule has 0 unspecified atom stereocenters. The first kappa shape index (κ1) is 11.4. The van der Waals surface area contributed by atoms with E-state index in [4.69, 9.17) is 11.6 Å². The third-order valence-corrected chi connectivity index (χ3v) is 1.66. The minimum Gasteiger partial charge on any atom is -0.254 e. The molecule has 0 aliphatic heterocycles. The third-order valence-electron chi connectivity index (χ3n) is 1.28. The van der Waals surface area contributed by atoms with Gasteiger partial charge in [-0.05, 0) is 19.9 Å². The molecule has 0 aliphatic rings. The van der Waals surface area contributed by atoms with Crippen molar-refractivity contribution in [1.82, 2.24) is 4.98 Å². The maximum atomic E-state index is 12.6. The molecule has 0 aliphatic carbocycles. The zero-order chi connectivity index (χ0) is 9.72. The highest BCUT2D eigenvalue weighted by Crippen LogP contribution is 2.15. The Hall–Kier alpha value is -0.630. The number of pyridine rings is 1. The van der Waals surface area contributed by atoms with Crippen molar-refractivity contribution in [1.29, 1.82) is 0 Å². The summed E-state index contributed by atoms with van der Waals surface area (Å²) in [4.78, 5) is 3.87. The molecule has 0 bridgehead atoms. The van der Waals surface area contributed by atoms with Gasteiger partial charge in [0.2, 0.25) is 0 Å². The molecule has 12 heavy (non-hydrogen) atoms. The lowest BCUT2D eigenvalue weighted by Crippen LogP contribution is -1.90. The van der Waals surface area contributed by atoms with Crippen molar-refractivity contribution >= 4 is 11.6 Å². The van der Waals surface area contributed by atoms with Gasteiger partial charge >= 0.3 is 0 Å². The van der Waals surface area contributed by atoms with Gasteiger partial charge in [0.15, 0.2) is 0 Å². The monoisotopic (exact) mass is 189 g/mol. The fraction of sp³-hybridized carbons (Fsp3) is 0.444. The largest absolute Gasteiger partial charge is 0.254 e. The van der Waals surface area contributed by atoms with E-state index in [2.05, 4.69) is 4.98 Å². The van der Waals surface area contributed by atoms with Gasteiger partial charge in [-0.3, -0.25) is 4.98 Å². The summed E-state index contributed by atoms with van der Waals surface area (Å²) in [6, 6.07) is 1.28. The van der Waals surface area contributed by atoms with Gasteiger partial charge in [-0.25, -0.2) is 4.39 Å². The van der Waals surface area contributed by atoms with Crippen molar-refractivity contribution in [3.63, 3.8) is 0 Å². The van der Waals surface area contributed by atoms with Crippen LogP contribution in [0.25, 0.3) is 0 Å². The van der Waals surface area contributed by atoms with Crippen LogP contribution in [0.2, 0.25) is 5.02 Å². The highest BCUT2D eigenvalue weighted by molar-refractivity contribution is 6.31. The first-order chi connectivity index (χ1) is 5.61. The molecule has 0 N–H and O–H groups in total. The molecule has 0 fully saturated rings. The average molecular weight is 190 g/mol. The summed E-state index contributed by atoms with van der Waals surface area (Å²) < 4.78 is 12.6. The van der Waals surface area contributed by atoms with Gasteiger partial charge in [-0.2, -0.15) is 0 Å². The van der Waals surface area contributed by atoms with Crippen LogP contribution in [0, 0.1) is 19.7 Å². The van der Waals surface area contributed by atoms with Crippen molar-refractivity contribution in [2.45, 2.75) is 27.7 Å². The molecule has 1 nitrogen and oxygen atoms in total. The second-order valence-electron chi connectivity index (χ2n) is 2.12. The molecule has 3 heteroatoms. The number of nitrogens with zero attached hydrogens (tertiary/aromatic N) is 1. The Kier molecular flexibility index (Phi) is 4.83. The third kappa shape index (κ3) is 2.78. The summed E-state index contributed by atoms with van der Waals surface area (Å²) >= 11 is 5.58. The second-order valence-corrected chi connectivity index (χ2v) is 2.53. The Morgan fingerprint density at radius 1 is 1.25 bits per heavy atom. The standard InChI is InChI=1S/C7H7ClFN.C2H6/c1-4-6(8)3-7(9)5(2)10-4;1-2/h3H,1-2H3;1-2H3. The summed E-state index contributed by atoms with van der Waals surface area (Å²) in [6.07, 6.45) is 0. The van der Waals surface area contributed by atoms with Crippen molar-refractivity contribution in [2.75, 3.05) is 0 Å². The predicted molar refractivity (Wildman–Crippen MR) is 50.0 cm³/mol. The van der Waals surface area contributed by atoms with Crippen LogP contribution in [-0.4, -0.2) is 4.98 Å². The second kappa shape index (κ2) is 5.09. The minimum atomic E-state index is -0.351. The van der Waals surface area contributed by atoms with Crippen LogP contribution >= 0.6 is 11.6 Å². The number of rotatable bonds is 0. The molecule has 0 radical (unpaired) electrons. The summed E-state index contributed by atoms with van der Waals surface area (Å²) in [5.74, 6) is -0.351. The molecule has 0 aromatic carbocycles. The quantitative estimate of drug-likeness (QED) is 0.609. The van der Waals surface area contributed by atoms with E-state index in [-0.39, 0.29) is 5.82 Å². The van der Waals surface area contributed by atoms with Gasteiger partial charge in [0.25, 0.3) is 0 Å². The van der Waals surface area contributed by atoms with Gasteiger partial charge in [-0.1, -0.05) is 25.4 Å². The fourth-order valence-corrected chi connectivity index (χ4v) is 0.817. The van der Waals surface area contributed by atoms with E-state index in [0.717, 1.165) is 0 Å². The zero-order valence-electron chi connectivity index (χ0n) is 7.78. The Morgan fingerprint density at radius 3 is 2.17 bits per heavy atom. The van der Waals surface area contributed by atoms with Crippen LogP contribution in [0.1, 0.15) is 25.2 Å². The highest BCUT2D eigenvalue weighted by Gasteiger charge is 2.01. The van der Waals surface area contributed by atoms with Crippen molar-refractivity contribution in [3.8, 4) is 0 Å². The topological polar surface area (TPSA) is 12.9 Å². The number of hydrogen-bond donors (Lipinski definition) is 0. The van der Waals surface area contributed by atoms with Crippen LogP contribution in [0.15, 0.2) is 6.07 Å². The Labute approximate surface area is 77.6 Å². The van der Waals surface area contributed by atoms with Crippen LogP contribution in [-0.2, 0) is 0 Å². The molecule has 0 saturated heterocycles. The molecule has 0 amide bonds. The molecular weight excluding hydrogens is 177 g/mol. The molecular formula is C9H13ClFN.